The Balaban J connectivity index is 2.08. The van der Waals surface area contributed by atoms with Gasteiger partial charge in [0.25, 0.3) is 0 Å². The maximum atomic E-state index is 11.6. The minimum absolute atomic E-state index is 0.0789. The Morgan fingerprint density at radius 1 is 1.50 bits per heavy atom. The fraction of sp³-hybridized carbons (Fsp3) is 0.364. The molecule has 0 radical (unpaired) electrons. The van der Waals surface area contributed by atoms with Crippen molar-refractivity contribution in [2.45, 2.75) is 11.8 Å². The predicted octanol–water partition coefficient (Wildman–Crippen LogP) is 2.15. The standard InChI is InChI=1S/C11H9ClO2/c12-9-3-1-2-7(4-9)11-5-8(11)6-14-10(11)13/h1-4,8H,5-6H2/t8-,11+/m0/s1. The first-order valence-electron chi connectivity index (χ1n) is 4.67. The van der Waals surface area contributed by atoms with E-state index in [1.165, 1.54) is 0 Å². The molecule has 0 bridgehead atoms. The highest BCUT2D eigenvalue weighted by Crippen LogP contribution is 2.59. The molecule has 1 aromatic rings. The maximum absolute atomic E-state index is 11.6. The molecule has 0 unspecified atom stereocenters. The number of carbonyl (C=O) groups excluding carboxylic acids is 1. The van der Waals surface area contributed by atoms with Gasteiger partial charge in [-0.3, -0.25) is 4.79 Å². The quantitative estimate of drug-likeness (QED) is 0.661. The number of carbonyl (C=O) groups is 1. The lowest BCUT2D eigenvalue weighted by atomic mass is 9.95. The van der Waals surface area contributed by atoms with Gasteiger partial charge in [-0.2, -0.15) is 0 Å². The summed E-state index contributed by atoms with van der Waals surface area (Å²) >= 11 is 5.90. The lowest BCUT2D eigenvalue weighted by Crippen LogP contribution is -2.18. The largest absolute Gasteiger partial charge is 0.465 e. The van der Waals surface area contributed by atoms with Gasteiger partial charge in [-0.1, -0.05) is 23.7 Å². The van der Waals surface area contributed by atoms with Crippen LogP contribution < -0.4 is 0 Å². The van der Waals surface area contributed by atoms with Crippen LogP contribution >= 0.6 is 11.6 Å². The van der Waals surface area contributed by atoms with E-state index in [4.69, 9.17) is 16.3 Å². The van der Waals surface area contributed by atoms with Crippen molar-refractivity contribution in [2.75, 3.05) is 6.61 Å². The van der Waals surface area contributed by atoms with Crippen LogP contribution in [0.15, 0.2) is 24.3 Å². The van der Waals surface area contributed by atoms with Crippen LogP contribution in [0.1, 0.15) is 12.0 Å². The Morgan fingerprint density at radius 3 is 2.93 bits per heavy atom. The van der Waals surface area contributed by atoms with Crippen molar-refractivity contribution in [1.82, 2.24) is 0 Å². The third kappa shape index (κ3) is 0.894. The summed E-state index contributed by atoms with van der Waals surface area (Å²) in [5.74, 6) is 0.304. The third-order valence-electron chi connectivity index (χ3n) is 3.22. The van der Waals surface area contributed by atoms with Crippen molar-refractivity contribution in [1.29, 1.82) is 0 Å². The number of halogens is 1. The molecule has 0 spiro atoms. The number of hydrogen-bond acceptors (Lipinski definition) is 2. The predicted molar refractivity (Wildman–Crippen MR) is 52.2 cm³/mol. The average molecular weight is 209 g/mol. The van der Waals surface area contributed by atoms with Crippen molar-refractivity contribution in [2.24, 2.45) is 5.92 Å². The van der Waals surface area contributed by atoms with Crippen molar-refractivity contribution in [3.8, 4) is 0 Å². The number of rotatable bonds is 1. The number of ether oxygens (including phenoxy) is 1. The van der Waals surface area contributed by atoms with E-state index in [-0.39, 0.29) is 11.4 Å². The van der Waals surface area contributed by atoms with Crippen LogP contribution in [0.3, 0.4) is 0 Å². The van der Waals surface area contributed by atoms with Gasteiger partial charge in [0.15, 0.2) is 0 Å². The van der Waals surface area contributed by atoms with Gasteiger partial charge >= 0.3 is 5.97 Å². The Labute approximate surface area is 86.8 Å². The molecule has 2 nitrogen and oxygen atoms in total. The summed E-state index contributed by atoms with van der Waals surface area (Å²) in [7, 11) is 0. The molecule has 0 N–H and O–H groups in total. The van der Waals surface area contributed by atoms with E-state index in [9.17, 15) is 4.79 Å². The van der Waals surface area contributed by atoms with Gasteiger partial charge in [-0.05, 0) is 24.1 Å². The summed E-state index contributed by atoms with van der Waals surface area (Å²) in [4.78, 5) is 11.6. The lowest BCUT2D eigenvalue weighted by molar-refractivity contribution is -0.142. The second kappa shape index (κ2) is 2.51. The van der Waals surface area contributed by atoms with E-state index in [2.05, 4.69) is 0 Å². The first-order chi connectivity index (χ1) is 6.73. The van der Waals surface area contributed by atoms with Crippen LogP contribution in [0.5, 0.6) is 0 Å². The number of cyclic esters (lactones) is 1. The Bertz CT molecular complexity index is 416. The molecule has 1 saturated carbocycles. The zero-order chi connectivity index (χ0) is 9.76. The first-order valence-corrected chi connectivity index (χ1v) is 5.04. The molecule has 0 aromatic heterocycles. The summed E-state index contributed by atoms with van der Waals surface area (Å²) < 4.78 is 5.03. The topological polar surface area (TPSA) is 26.3 Å². The van der Waals surface area contributed by atoms with Crippen LogP contribution in [0.2, 0.25) is 5.02 Å². The third-order valence-corrected chi connectivity index (χ3v) is 3.46. The highest BCUT2D eigenvalue weighted by atomic mass is 35.5. The van der Waals surface area contributed by atoms with Crippen LogP contribution in [0.25, 0.3) is 0 Å². The molecule has 2 atom stereocenters. The number of esters is 1. The monoisotopic (exact) mass is 208 g/mol. The van der Waals surface area contributed by atoms with E-state index >= 15 is 0 Å². The minimum atomic E-state index is -0.342. The molecule has 1 heterocycles. The van der Waals surface area contributed by atoms with Crippen LogP contribution in [-0.4, -0.2) is 12.6 Å². The van der Waals surface area contributed by atoms with Crippen molar-refractivity contribution < 1.29 is 9.53 Å². The molecule has 1 aromatic carbocycles. The molecule has 72 valence electrons. The Hall–Kier alpha value is -1.02. The van der Waals surface area contributed by atoms with Crippen molar-refractivity contribution >= 4 is 17.6 Å². The van der Waals surface area contributed by atoms with Gasteiger partial charge < -0.3 is 4.74 Å². The second-order valence-corrected chi connectivity index (χ2v) is 4.42. The molecule has 2 aliphatic rings. The highest BCUT2D eigenvalue weighted by Gasteiger charge is 2.66. The summed E-state index contributed by atoms with van der Waals surface area (Å²) in [5.41, 5.74) is 0.669. The zero-order valence-electron chi connectivity index (χ0n) is 7.50. The van der Waals surface area contributed by atoms with E-state index < -0.39 is 0 Å². The van der Waals surface area contributed by atoms with Gasteiger partial charge in [0.1, 0.15) is 0 Å². The molecule has 3 rings (SSSR count). The summed E-state index contributed by atoms with van der Waals surface area (Å²) in [6.07, 6.45) is 0.923. The van der Waals surface area contributed by atoms with Crippen LogP contribution in [0, 0.1) is 5.92 Å². The summed E-state index contributed by atoms with van der Waals surface area (Å²) in [5, 5.41) is 0.683. The van der Waals surface area contributed by atoms with E-state index in [0.717, 1.165) is 12.0 Å². The van der Waals surface area contributed by atoms with Gasteiger partial charge in [-0.15, -0.1) is 0 Å². The molecule has 0 amide bonds. The first kappa shape index (κ1) is 8.30. The van der Waals surface area contributed by atoms with Gasteiger partial charge in [-0.25, -0.2) is 0 Å². The molecule has 1 aliphatic carbocycles. The molecule has 14 heavy (non-hydrogen) atoms. The van der Waals surface area contributed by atoms with Gasteiger partial charge in [0.05, 0.1) is 12.0 Å². The van der Waals surface area contributed by atoms with E-state index in [0.29, 0.717) is 17.5 Å². The van der Waals surface area contributed by atoms with Gasteiger partial charge in [0.2, 0.25) is 0 Å². The Morgan fingerprint density at radius 2 is 2.36 bits per heavy atom. The van der Waals surface area contributed by atoms with Crippen molar-refractivity contribution in [3.05, 3.63) is 34.9 Å². The zero-order valence-corrected chi connectivity index (χ0v) is 8.25. The fourth-order valence-corrected chi connectivity index (χ4v) is 2.51. The molecule has 3 heteroatoms. The number of hydrogen-bond donors (Lipinski definition) is 0. The number of benzene rings is 1. The van der Waals surface area contributed by atoms with Gasteiger partial charge in [0, 0.05) is 10.9 Å². The normalized spacial score (nSPS) is 33.8. The highest BCUT2D eigenvalue weighted by molar-refractivity contribution is 6.30. The average Bonchev–Trinajstić information content (AvgIpc) is 2.83. The number of fused-ring (bicyclic) bond motifs is 1. The minimum Gasteiger partial charge on any atom is -0.465 e. The lowest BCUT2D eigenvalue weighted by Gasteiger charge is -2.09. The van der Waals surface area contributed by atoms with E-state index in [1.807, 2.05) is 24.3 Å². The van der Waals surface area contributed by atoms with Crippen LogP contribution in [0.4, 0.5) is 0 Å². The van der Waals surface area contributed by atoms with Crippen LogP contribution in [-0.2, 0) is 14.9 Å². The summed E-state index contributed by atoms with van der Waals surface area (Å²) in [6, 6.07) is 7.53. The van der Waals surface area contributed by atoms with Crippen molar-refractivity contribution in [3.63, 3.8) is 0 Å². The smallest absolute Gasteiger partial charge is 0.317 e. The Kier molecular flexibility index (Phi) is 1.49. The molecule has 1 saturated heterocycles. The van der Waals surface area contributed by atoms with E-state index in [1.54, 1.807) is 0 Å². The molecule has 2 fully saturated rings. The maximum Gasteiger partial charge on any atom is 0.317 e. The molecular formula is C11H9ClO2. The SMILES string of the molecule is O=C1OC[C@@H]2C[C@]12c1cccc(Cl)c1. The molecule has 1 aliphatic heterocycles. The fourth-order valence-electron chi connectivity index (χ4n) is 2.32. The molecular weight excluding hydrogens is 200 g/mol. The summed E-state index contributed by atoms with van der Waals surface area (Å²) in [6.45, 7) is 0.575. The second-order valence-electron chi connectivity index (χ2n) is 3.98.